The molecule has 0 aromatic rings. The van der Waals surface area contributed by atoms with Gasteiger partial charge >= 0.3 is 11.9 Å². The topological polar surface area (TPSA) is 74.6 Å². The van der Waals surface area contributed by atoms with E-state index < -0.39 is 11.9 Å². The Labute approximate surface area is 147 Å². The lowest BCUT2D eigenvalue weighted by Gasteiger charge is -2.38. The second kappa shape index (κ2) is 12.1. The maximum Gasteiger partial charge on any atom is 0.343 e. The fourth-order valence-corrected chi connectivity index (χ4v) is 3.70. The van der Waals surface area contributed by atoms with Crippen molar-refractivity contribution in [1.82, 2.24) is 0 Å². The van der Waals surface area contributed by atoms with Crippen LogP contribution in [0.4, 0.5) is 0 Å². The fraction of sp³-hybridized carbons (Fsp3) is 0.800. The maximum atomic E-state index is 11.7. The van der Waals surface area contributed by atoms with Crippen LogP contribution >= 0.6 is 0 Å². The number of allylic oxidation sites excluding steroid dienone is 1. The molecule has 24 heavy (non-hydrogen) atoms. The van der Waals surface area contributed by atoms with Gasteiger partial charge < -0.3 is 10.2 Å². The van der Waals surface area contributed by atoms with Gasteiger partial charge in [0.25, 0.3) is 0 Å². The van der Waals surface area contributed by atoms with Crippen LogP contribution in [0.2, 0.25) is 0 Å². The highest BCUT2D eigenvalue weighted by atomic mass is 16.4. The molecule has 0 saturated carbocycles. The van der Waals surface area contributed by atoms with Crippen LogP contribution < -0.4 is 0 Å². The summed E-state index contributed by atoms with van der Waals surface area (Å²) < 4.78 is 0. The number of rotatable bonds is 14. The van der Waals surface area contributed by atoms with Crippen molar-refractivity contribution in [2.45, 2.75) is 98.3 Å². The number of carbonyl (C=O) groups is 2. The van der Waals surface area contributed by atoms with E-state index in [1.54, 1.807) is 0 Å². The molecule has 140 valence electrons. The minimum absolute atomic E-state index is 0.276. The van der Waals surface area contributed by atoms with Crippen LogP contribution in [0.25, 0.3) is 0 Å². The molecule has 0 fully saturated rings. The Bertz CT molecular complexity index is 399. The summed E-state index contributed by atoms with van der Waals surface area (Å²) >= 11 is 0. The highest BCUT2D eigenvalue weighted by molar-refractivity contribution is 6.13. The van der Waals surface area contributed by atoms with E-state index in [1.807, 2.05) is 0 Å². The van der Waals surface area contributed by atoms with Gasteiger partial charge in [0.2, 0.25) is 0 Å². The largest absolute Gasteiger partial charge is 0.477 e. The molecule has 0 saturated heterocycles. The molecule has 0 heterocycles. The van der Waals surface area contributed by atoms with Gasteiger partial charge in [-0.2, -0.15) is 0 Å². The summed E-state index contributed by atoms with van der Waals surface area (Å²) in [5.41, 5.74) is 0.0411. The first-order valence-electron chi connectivity index (χ1n) is 9.60. The smallest absolute Gasteiger partial charge is 0.343 e. The van der Waals surface area contributed by atoms with Crippen LogP contribution in [-0.4, -0.2) is 22.2 Å². The van der Waals surface area contributed by atoms with Crippen molar-refractivity contribution in [1.29, 1.82) is 0 Å². The number of hydrogen-bond donors (Lipinski definition) is 2. The SMILES string of the molecule is CCCCC(=C(C(=O)O)C(=O)O)C(CCC)(CCCC)CCCC. The normalized spacial score (nSPS) is 11.3. The zero-order valence-corrected chi connectivity index (χ0v) is 16.0. The van der Waals surface area contributed by atoms with Gasteiger partial charge in [-0.25, -0.2) is 9.59 Å². The summed E-state index contributed by atoms with van der Waals surface area (Å²) in [6.45, 7) is 8.41. The lowest BCUT2D eigenvalue weighted by atomic mass is 9.66. The monoisotopic (exact) mass is 340 g/mol. The molecule has 0 aliphatic carbocycles. The molecule has 4 heteroatoms. The Hall–Kier alpha value is -1.32. The number of hydrogen-bond acceptors (Lipinski definition) is 2. The van der Waals surface area contributed by atoms with Crippen LogP contribution in [0.15, 0.2) is 11.1 Å². The Morgan fingerprint density at radius 3 is 1.50 bits per heavy atom. The van der Waals surface area contributed by atoms with Crippen molar-refractivity contribution in [3.8, 4) is 0 Å². The standard InChI is InChI=1S/C20H36O4/c1-5-9-12-16(17(18(21)22)19(23)24)20(13-8-4,14-10-6-2)15-11-7-3/h5-15H2,1-4H3,(H,21,22)(H,23,24). The molecule has 4 nitrogen and oxygen atoms in total. The minimum atomic E-state index is -1.29. The minimum Gasteiger partial charge on any atom is -0.477 e. The second-order valence-corrected chi connectivity index (χ2v) is 6.80. The Morgan fingerprint density at radius 2 is 1.17 bits per heavy atom. The fourth-order valence-electron chi connectivity index (χ4n) is 3.70. The van der Waals surface area contributed by atoms with Gasteiger partial charge in [-0.3, -0.25) is 0 Å². The van der Waals surface area contributed by atoms with Crippen LogP contribution in [0.1, 0.15) is 98.3 Å². The van der Waals surface area contributed by atoms with E-state index in [4.69, 9.17) is 0 Å². The van der Waals surface area contributed by atoms with E-state index in [9.17, 15) is 19.8 Å². The molecule has 0 aromatic heterocycles. The van der Waals surface area contributed by atoms with Crippen molar-refractivity contribution >= 4 is 11.9 Å². The summed E-state index contributed by atoms with van der Waals surface area (Å²) in [5.74, 6) is -2.58. The lowest BCUT2D eigenvalue weighted by Crippen LogP contribution is -2.29. The molecular weight excluding hydrogens is 304 g/mol. The maximum absolute atomic E-state index is 11.7. The Balaban J connectivity index is 6.22. The molecule has 0 rings (SSSR count). The summed E-state index contributed by atoms with van der Waals surface area (Å²) in [6, 6.07) is 0. The quantitative estimate of drug-likeness (QED) is 0.238. The predicted molar refractivity (Wildman–Crippen MR) is 98.2 cm³/mol. The third kappa shape index (κ3) is 6.66. The third-order valence-electron chi connectivity index (χ3n) is 4.90. The van der Waals surface area contributed by atoms with Crippen molar-refractivity contribution in [2.75, 3.05) is 0 Å². The summed E-state index contributed by atoms with van der Waals surface area (Å²) in [4.78, 5) is 23.4. The molecule has 2 N–H and O–H groups in total. The Morgan fingerprint density at radius 1 is 0.708 bits per heavy atom. The molecular formula is C20H36O4. The molecule has 0 amide bonds. The highest BCUT2D eigenvalue weighted by Gasteiger charge is 2.37. The first-order valence-corrected chi connectivity index (χ1v) is 9.60. The average molecular weight is 341 g/mol. The van der Waals surface area contributed by atoms with E-state index >= 15 is 0 Å². The van der Waals surface area contributed by atoms with Gasteiger partial charge in [0, 0.05) is 0 Å². The number of aliphatic carboxylic acids is 2. The van der Waals surface area contributed by atoms with Crippen LogP contribution in [0.5, 0.6) is 0 Å². The second-order valence-electron chi connectivity index (χ2n) is 6.80. The summed E-state index contributed by atoms with van der Waals surface area (Å²) in [7, 11) is 0. The van der Waals surface area contributed by atoms with E-state index in [2.05, 4.69) is 27.7 Å². The molecule has 0 unspecified atom stereocenters. The van der Waals surface area contributed by atoms with E-state index in [1.165, 1.54) is 0 Å². The number of carboxylic acids is 2. The Kier molecular flexibility index (Phi) is 11.4. The molecule has 0 radical (unpaired) electrons. The van der Waals surface area contributed by atoms with E-state index in [0.717, 1.165) is 64.2 Å². The van der Waals surface area contributed by atoms with E-state index in [-0.39, 0.29) is 11.0 Å². The lowest BCUT2D eigenvalue weighted by molar-refractivity contribution is -0.140. The van der Waals surface area contributed by atoms with Gasteiger partial charge in [0.05, 0.1) is 0 Å². The number of carboxylic acid groups (broad SMARTS) is 2. The summed E-state index contributed by atoms with van der Waals surface area (Å²) in [6.07, 6.45) is 10.0. The van der Waals surface area contributed by atoms with E-state index in [0.29, 0.717) is 12.0 Å². The van der Waals surface area contributed by atoms with Gasteiger partial charge in [-0.15, -0.1) is 0 Å². The van der Waals surface area contributed by atoms with Crippen LogP contribution in [-0.2, 0) is 9.59 Å². The molecule has 0 spiro atoms. The van der Waals surface area contributed by atoms with Crippen molar-refractivity contribution in [3.05, 3.63) is 11.1 Å². The van der Waals surface area contributed by atoms with Gasteiger partial charge in [0.15, 0.2) is 0 Å². The van der Waals surface area contributed by atoms with Gasteiger partial charge in [0.1, 0.15) is 5.57 Å². The predicted octanol–water partition coefficient (Wildman–Crippen LogP) is 5.81. The number of unbranched alkanes of at least 4 members (excludes halogenated alkanes) is 3. The molecule has 0 aromatic carbocycles. The van der Waals surface area contributed by atoms with Gasteiger partial charge in [-0.1, -0.05) is 66.2 Å². The molecule has 0 atom stereocenters. The molecule has 0 aliphatic rings. The highest BCUT2D eigenvalue weighted by Crippen LogP contribution is 2.46. The summed E-state index contributed by atoms with van der Waals surface area (Å²) in [5, 5.41) is 19.1. The zero-order chi connectivity index (χ0) is 18.6. The average Bonchev–Trinajstić information content (AvgIpc) is 2.53. The third-order valence-corrected chi connectivity index (χ3v) is 4.90. The first-order chi connectivity index (χ1) is 11.4. The first kappa shape index (κ1) is 22.7. The van der Waals surface area contributed by atoms with Crippen molar-refractivity contribution in [2.24, 2.45) is 5.41 Å². The molecule has 0 bridgehead atoms. The van der Waals surface area contributed by atoms with Crippen molar-refractivity contribution < 1.29 is 19.8 Å². The van der Waals surface area contributed by atoms with Crippen molar-refractivity contribution in [3.63, 3.8) is 0 Å². The molecule has 0 aliphatic heterocycles. The van der Waals surface area contributed by atoms with Crippen LogP contribution in [0, 0.1) is 5.41 Å². The zero-order valence-electron chi connectivity index (χ0n) is 16.0. The van der Waals surface area contributed by atoms with Crippen LogP contribution in [0.3, 0.4) is 0 Å². The van der Waals surface area contributed by atoms with Gasteiger partial charge in [-0.05, 0) is 43.1 Å².